The number of phosphoric acid groups is 1. The van der Waals surface area contributed by atoms with Crippen LogP contribution in [-0.4, -0.2) is 75.6 Å². The summed E-state index contributed by atoms with van der Waals surface area (Å²) in [5.74, 6) is -0.316. The molecule has 2 atom stereocenters. The summed E-state index contributed by atoms with van der Waals surface area (Å²) in [6.07, 6.45) is 52.7. The molecule has 1 N–H and O–H groups in total. The lowest BCUT2D eigenvalue weighted by Crippen LogP contribution is -2.37. The van der Waals surface area contributed by atoms with E-state index >= 15 is 0 Å². The normalized spacial score (nSPS) is 13.6. The minimum absolute atomic E-state index is 0.0906. The monoisotopic (exact) mass is 887 g/mol. The number of allylic oxidation sites excluding steroid dienone is 2. The average Bonchev–Trinajstić information content (AvgIpc) is 3.22. The van der Waals surface area contributed by atoms with Crippen LogP contribution in [0.4, 0.5) is 0 Å². The van der Waals surface area contributed by atoms with E-state index in [4.69, 9.17) is 18.5 Å². The van der Waals surface area contributed by atoms with Gasteiger partial charge in [0.2, 0.25) is 0 Å². The lowest BCUT2D eigenvalue weighted by molar-refractivity contribution is -0.870. The van der Waals surface area contributed by atoms with Crippen LogP contribution in [0.15, 0.2) is 12.2 Å². The topological polar surface area (TPSA) is 91.3 Å². The summed E-state index contributed by atoms with van der Waals surface area (Å²) >= 11 is 0. The van der Waals surface area contributed by atoms with Gasteiger partial charge in [0.15, 0.2) is 0 Å². The summed E-state index contributed by atoms with van der Waals surface area (Å²) in [7, 11) is 1.68. The van der Waals surface area contributed by atoms with Crippen LogP contribution in [0.1, 0.15) is 258 Å². The van der Waals surface area contributed by atoms with Crippen molar-refractivity contribution in [1.29, 1.82) is 0 Å². The summed E-state index contributed by atoms with van der Waals surface area (Å²) in [5, 5.41) is 0. The van der Waals surface area contributed by atoms with Gasteiger partial charge in [-0.3, -0.25) is 13.8 Å². The number of quaternary nitrogens is 1. The van der Waals surface area contributed by atoms with Crippen molar-refractivity contribution in [2.75, 3.05) is 54.1 Å². The number of hydrogen-bond acceptors (Lipinski definition) is 6. The maximum atomic E-state index is 12.7. The van der Waals surface area contributed by atoms with Crippen molar-refractivity contribution >= 4 is 13.8 Å². The lowest BCUT2D eigenvalue weighted by Gasteiger charge is -2.24. The molecule has 0 heterocycles. The Balaban J connectivity index is 4.04. The van der Waals surface area contributed by atoms with E-state index < -0.39 is 13.9 Å². The number of esters is 1. The minimum Gasteiger partial charge on any atom is -0.457 e. The Morgan fingerprint density at radius 1 is 0.492 bits per heavy atom. The van der Waals surface area contributed by atoms with E-state index in [9.17, 15) is 14.3 Å². The highest BCUT2D eigenvalue weighted by Gasteiger charge is 2.26. The van der Waals surface area contributed by atoms with Crippen LogP contribution >= 0.6 is 7.82 Å². The van der Waals surface area contributed by atoms with Crippen LogP contribution in [-0.2, 0) is 27.9 Å². The summed E-state index contributed by atoms with van der Waals surface area (Å²) < 4.78 is 35.2. The standard InChI is InChI=1S/C52H104NO7P/c1-6-8-10-12-14-16-18-20-22-23-24-25-26-27-28-29-30-32-34-36-38-40-42-44-47-57-49-51(50-59-61(55,56)58-48-46-53(3,4)5)60-52(54)45-43-41-39-37-35-33-31-21-19-17-15-13-11-9-7-2/h21,31,51H,6-20,22-30,32-50H2,1-5H3/p+1/b31-21-. The van der Waals surface area contributed by atoms with E-state index in [1.54, 1.807) is 0 Å². The number of nitrogens with zero attached hydrogens (tertiary/aromatic N) is 1. The van der Waals surface area contributed by atoms with Crippen LogP contribution in [0.25, 0.3) is 0 Å². The molecule has 0 aliphatic heterocycles. The van der Waals surface area contributed by atoms with Crippen molar-refractivity contribution < 1.29 is 37.3 Å². The van der Waals surface area contributed by atoms with Gasteiger partial charge in [-0.1, -0.05) is 225 Å². The molecule has 0 aromatic rings. The van der Waals surface area contributed by atoms with Crippen molar-refractivity contribution in [3.05, 3.63) is 12.2 Å². The highest BCUT2D eigenvalue weighted by atomic mass is 31.2. The maximum Gasteiger partial charge on any atom is 0.472 e. The molecule has 0 rings (SSSR count). The molecule has 0 spiro atoms. The van der Waals surface area contributed by atoms with E-state index in [1.165, 1.54) is 199 Å². The molecule has 364 valence electrons. The third kappa shape index (κ3) is 50.1. The smallest absolute Gasteiger partial charge is 0.457 e. The molecule has 0 fully saturated rings. The summed E-state index contributed by atoms with van der Waals surface area (Å²) in [4.78, 5) is 23.0. The first kappa shape index (κ1) is 60.2. The van der Waals surface area contributed by atoms with E-state index in [2.05, 4.69) is 26.0 Å². The van der Waals surface area contributed by atoms with Crippen LogP contribution < -0.4 is 0 Å². The number of hydrogen-bond donors (Lipinski definition) is 1. The quantitative estimate of drug-likeness (QED) is 0.0214. The number of ether oxygens (including phenoxy) is 2. The third-order valence-electron chi connectivity index (χ3n) is 11.8. The van der Waals surface area contributed by atoms with Gasteiger partial charge in [-0.15, -0.1) is 0 Å². The first-order chi connectivity index (χ1) is 29.6. The zero-order chi connectivity index (χ0) is 44.8. The molecule has 0 aliphatic carbocycles. The largest absolute Gasteiger partial charge is 0.472 e. The maximum absolute atomic E-state index is 12.7. The predicted octanol–water partition coefficient (Wildman–Crippen LogP) is 16.2. The Hall–Kier alpha value is -0.760. The molecule has 2 unspecified atom stereocenters. The fraction of sp³-hybridized carbons (Fsp3) is 0.942. The number of rotatable bonds is 50. The fourth-order valence-electron chi connectivity index (χ4n) is 7.73. The molecule has 0 aromatic carbocycles. The van der Waals surface area contributed by atoms with Gasteiger partial charge in [0.1, 0.15) is 19.3 Å². The number of likely N-dealkylation sites (N-methyl/N-ethyl adjacent to an activating group) is 1. The van der Waals surface area contributed by atoms with Crippen molar-refractivity contribution in [3.8, 4) is 0 Å². The molecule has 0 bridgehead atoms. The summed E-state index contributed by atoms with van der Waals surface area (Å²) in [6.45, 7) is 5.67. The molecule has 0 amide bonds. The minimum atomic E-state index is -4.28. The Bertz CT molecular complexity index is 987. The van der Waals surface area contributed by atoms with E-state index in [-0.39, 0.29) is 25.8 Å². The molecular formula is C52H105NO7P+. The van der Waals surface area contributed by atoms with E-state index in [1.807, 2.05) is 21.1 Å². The van der Waals surface area contributed by atoms with Gasteiger partial charge in [-0.25, -0.2) is 4.57 Å². The zero-order valence-electron chi connectivity index (χ0n) is 41.4. The van der Waals surface area contributed by atoms with Crippen LogP contribution in [0.5, 0.6) is 0 Å². The highest BCUT2D eigenvalue weighted by molar-refractivity contribution is 7.47. The average molecular weight is 887 g/mol. The zero-order valence-corrected chi connectivity index (χ0v) is 42.3. The van der Waals surface area contributed by atoms with Gasteiger partial charge in [-0.05, 0) is 38.5 Å². The Morgan fingerprint density at radius 3 is 1.25 bits per heavy atom. The number of phosphoric ester groups is 1. The SMILES string of the molecule is CCCCCCCC/C=C\CCCCCCCC(=O)OC(COCCCCCCCCCCCCCCCCCCCCCCCCCC)COP(=O)(O)OCC[N+](C)(C)C. The second-order valence-corrected chi connectivity index (χ2v) is 20.7. The van der Waals surface area contributed by atoms with Gasteiger partial charge in [0.25, 0.3) is 0 Å². The molecular weight excluding hydrogens is 782 g/mol. The summed E-state index contributed by atoms with van der Waals surface area (Å²) in [6, 6.07) is 0. The molecule has 9 heteroatoms. The van der Waals surface area contributed by atoms with Gasteiger partial charge in [-0.2, -0.15) is 0 Å². The third-order valence-corrected chi connectivity index (χ3v) is 12.8. The first-order valence-corrected chi connectivity index (χ1v) is 27.9. The number of carbonyl (C=O) groups is 1. The Kier molecular flexibility index (Phi) is 45.2. The molecule has 0 aliphatic rings. The molecule has 8 nitrogen and oxygen atoms in total. The fourth-order valence-corrected chi connectivity index (χ4v) is 8.47. The molecule has 61 heavy (non-hydrogen) atoms. The van der Waals surface area contributed by atoms with Crippen molar-refractivity contribution in [2.24, 2.45) is 0 Å². The molecule has 0 saturated heterocycles. The first-order valence-electron chi connectivity index (χ1n) is 26.4. The second kappa shape index (κ2) is 45.8. The van der Waals surface area contributed by atoms with Crippen molar-refractivity contribution in [3.63, 3.8) is 0 Å². The van der Waals surface area contributed by atoms with Crippen LogP contribution in [0.3, 0.4) is 0 Å². The molecule has 0 radical (unpaired) electrons. The van der Waals surface area contributed by atoms with Crippen molar-refractivity contribution in [2.45, 2.75) is 264 Å². The summed E-state index contributed by atoms with van der Waals surface area (Å²) in [5.41, 5.74) is 0. The Morgan fingerprint density at radius 2 is 0.852 bits per heavy atom. The number of unbranched alkanes of at least 4 members (excludes halogenated alkanes) is 34. The second-order valence-electron chi connectivity index (χ2n) is 19.3. The van der Waals surface area contributed by atoms with Crippen LogP contribution in [0.2, 0.25) is 0 Å². The molecule has 0 saturated carbocycles. The van der Waals surface area contributed by atoms with Gasteiger partial charge in [0, 0.05) is 13.0 Å². The lowest BCUT2D eigenvalue weighted by atomic mass is 10.0. The van der Waals surface area contributed by atoms with E-state index in [0.717, 1.165) is 38.5 Å². The molecule has 0 aromatic heterocycles. The highest BCUT2D eigenvalue weighted by Crippen LogP contribution is 2.43. The van der Waals surface area contributed by atoms with E-state index in [0.29, 0.717) is 24.1 Å². The van der Waals surface area contributed by atoms with Gasteiger partial charge in [0.05, 0.1) is 34.4 Å². The van der Waals surface area contributed by atoms with Crippen LogP contribution in [0, 0.1) is 0 Å². The van der Waals surface area contributed by atoms with Crippen molar-refractivity contribution in [1.82, 2.24) is 0 Å². The number of carbonyl (C=O) groups excluding carboxylic acids is 1. The van der Waals surface area contributed by atoms with Gasteiger partial charge < -0.3 is 18.9 Å². The Labute approximate surface area is 380 Å². The van der Waals surface area contributed by atoms with Gasteiger partial charge >= 0.3 is 13.8 Å². The predicted molar refractivity (Wildman–Crippen MR) is 261 cm³/mol.